The van der Waals surface area contributed by atoms with Crippen LogP contribution in [-0.2, 0) is 35.0 Å². The largest absolute Gasteiger partial charge is 0.464 e. The fourth-order valence-electron chi connectivity index (χ4n) is 3.65. The van der Waals surface area contributed by atoms with Crippen molar-refractivity contribution in [3.8, 4) is 0 Å². The van der Waals surface area contributed by atoms with Crippen LogP contribution in [0.4, 0.5) is 0 Å². The second-order valence-corrected chi connectivity index (χ2v) is 8.63. The molecule has 0 atom stereocenters. The van der Waals surface area contributed by atoms with Gasteiger partial charge in [0, 0.05) is 38.9 Å². The van der Waals surface area contributed by atoms with Crippen LogP contribution in [0.5, 0.6) is 0 Å². The topological polar surface area (TPSA) is 122 Å². The number of hydrogen-bond donors (Lipinski definition) is 0. The number of rotatable bonds is 6. The first-order chi connectivity index (χ1) is 19.2. The number of esters is 2. The van der Waals surface area contributed by atoms with E-state index in [1.807, 2.05) is 11.0 Å². The van der Waals surface area contributed by atoms with Gasteiger partial charge in [0.2, 0.25) is 0 Å². The van der Waals surface area contributed by atoms with E-state index >= 15 is 0 Å². The molecule has 0 radical (unpaired) electrons. The summed E-state index contributed by atoms with van der Waals surface area (Å²) in [5.74, 6) is -0.934. The zero-order valence-electron chi connectivity index (χ0n) is 22.5. The van der Waals surface area contributed by atoms with Crippen LogP contribution in [0.15, 0.2) is 42.6 Å². The summed E-state index contributed by atoms with van der Waals surface area (Å²) in [5, 5.41) is 0. The number of pyridine rings is 2. The van der Waals surface area contributed by atoms with Crippen LogP contribution in [-0.4, -0.2) is 125 Å². The van der Waals surface area contributed by atoms with Gasteiger partial charge in [0.05, 0.1) is 65.7 Å². The molecule has 1 aliphatic heterocycles. The molecule has 214 valence electrons. The SMILES string of the molecule is COC(=O)c1cccc(CN2CCOCCOCCN(COC(=O)c3ccccn3)CCOCCOCC2)n1. The van der Waals surface area contributed by atoms with Crippen molar-refractivity contribution in [3.05, 3.63) is 59.7 Å². The molecule has 12 heteroatoms. The Bertz CT molecular complexity index is 961. The molecule has 0 N–H and O–H groups in total. The lowest BCUT2D eigenvalue weighted by molar-refractivity contribution is -0.0153. The first kappa shape index (κ1) is 30.5. The van der Waals surface area contributed by atoms with Gasteiger partial charge in [-0.15, -0.1) is 0 Å². The number of ether oxygens (including phenoxy) is 6. The molecule has 12 nitrogen and oxygen atoms in total. The smallest absolute Gasteiger partial charge is 0.358 e. The van der Waals surface area contributed by atoms with Crippen LogP contribution in [0.1, 0.15) is 26.7 Å². The highest BCUT2D eigenvalue weighted by molar-refractivity contribution is 5.87. The van der Waals surface area contributed by atoms with Gasteiger partial charge in [-0.3, -0.25) is 9.80 Å². The summed E-state index contributed by atoms with van der Waals surface area (Å²) in [7, 11) is 1.34. The molecule has 1 saturated heterocycles. The number of carbonyl (C=O) groups is 2. The summed E-state index contributed by atoms with van der Waals surface area (Å²) in [6.07, 6.45) is 1.55. The second kappa shape index (κ2) is 18.3. The summed E-state index contributed by atoms with van der Waals surface area (Å²) >= 11 is 0. The summed E-state index contributed by atoms with van der Waals surface area (Å²) in [5.41, 5.74) is 1.32. The predicted molar refractivity (Wildman–Crippen MR) is 140 cm³/mol. The van der Waals surface area contributed by atoms with Crippen molar-refractivity contribution < 1.29 is 38.0 Å². The van der Waals surface area contributed by atoms with Crippen LogP contribution in [0.25, 0.3) is 0 Å². The maximum absolute atomic E-state index is 12.2. The Labute approximate surface area is 229 Å². The van der Waals surface area contributed by atoms with Crippen molar-refractivity contribution in [2.24, 2.45) is 0 Å². The number of aromatic nitrogens is 2. The number of hydrogen-bond acceptors (Lipinski definition) is 12. The fraction of sp³-hybridized carbons (Fsp3) is 0.556. The summed E-state index contributed by atoms with van der Waals surface area (Å²) < 4.78 is 33.2. The van der Waals surface area contributed by atoms with Gasteiger partial charge < -0.3 is 28.4 Å². The van der Waals surface area contributed by atoms with Crippen LogP contribution in [0.3, 0.4) is 0 Å². The highest BCUT2D eigenvalue weighted by Gasteiger charge is 2.13. The molecule has 3 heterocycles. The molecule has 2 aromatic rings. The normalized spacial score (nSPS) is 18.0. The van der Waals surface area contributed by atoms with E-state index in [2.05, 4.69) is 14.9 Å². The number of methoxy groups -OCH3 is 1. The van der Waals surface area contributed by atoms with Crippen LogP contribution in [0.2, 0.25) is 0 Å². The number of carbonyl (C=O) groups excluding carboxylic acids is 2. The third-order valence-corrected chi connectivity index (χ3v) is 5.79. The first-order valence-corrected chi connectivity index (χ1v) is 13.0. The Kier molecular flexibility index (Phi) is 14.3. The van der Waals surface area contributed by atoms with E-state index in [-0.39, 0.29) is 18.1 Å². The predicted octanol–water partition coefficient (Wildman–Crippen LogP) is 1.26. The average Bonchev–Trinajstić information content (AvgIpc) is 2.97. The summed E-state index contributed by atoms with van der Waals surface area (Å²) in [6.45, 7) is 6.89. The van der Waals surface area contributed by atoms with E-state index in [1.54, 1.807) is 36.5 Å². The van der Waals surface area contributed by atoms with Gasteiger partial charge in [0.1, 0.15) is 18.1 Å². The average molecular weight is 547 g/mol. The zero-order chi connectivity index (χ0) is 27.5. The molecule has 0 aromatic carbocycles. The highest BCUT2D eigenvalue weighted by Crippen LogP contribution is 2.06. The molecule has 1 fully saturated rings. The Balaban J connectivity index is 1.44. The van der Waals surface area contributed by atoms with Gasteiger partial charge in [-0.2, -0.15) is 0 Å². The minimum atomic E-state index is -0.473. The fourth-order valence-corrected chi connectivity index (χ4v) is 3.65. The lowest BCUT2D eigenvalue weighted by Crippen LogP contribution is -2.35. The van der Waals surface area contributed by atoms with E-state index in [0.29, 0.717) is 85.6 Å². The molecule has 0 amide bonds. The first-order valence-electron chi connectivity index (χ1n) is 13.0. The minimum Gasteiger partial charge on any atom is -0.464 e. The van der Waals surface area contributed by atoms with E-state index in [4.69, 9.17) is 28.4 Å². The molecule has 0 aliphatic carbocycles. The number of nitrogens with zero attached hydrogens (tertiary/aromatic N) is 4. The lowest BCUT2D eigenvalue weighted by atomic mass is 10.3. The lowest BCUT2D eigenvalue weighted by Gasteiger charge is -2.23. The quantitative estimate of drug-likeness (QED) is 0.485. The summed E-state index contributed by atoms with van der Waals surface area (Å²) in [6, 6.07) is 10.4. The Morgan fingerprint density at radius 2 is 1.33 bits per heavy atom. The van der Waals surface area contributed by atoms with Crippen molar-refractivity contribution in [2.75, 3.05) is 92.9 Å². The van der Waals surface area contributed by atoms with Crippen molar-refractivity contribution in [3.63, 3.8) is 0 Å². The van der Waals surface area contributed by atoms with Gasteiger partial charge in [0.15, 0.2) is 0 Å². The van der Waals surface area contributed by atoms with E-state index in [1.165, 1.54) is 7.11 Å². The van der Waals surface area contributed by atoms with Gasteiger partial charge in [-0.05, 0) is 24.3 Å². The van der Waals surface area contributed by atoms with Gasteiger partial charge in [0.25, 0.3) is 0 Å². The van der Waals surface area contributed by atoms with Crippen LogP contribution >= 0.6 is 0 Å². The van der Waals surface area contributed by atoms with Gasteiger partial charge >= 0.3 is 11.9 Å². The third kappa shape index (κ3) is 12.2. The molecular weight excluding hydrogens is 508 g/mol. The van der Waals surface area contributed by atoms with E-state index in [9.17, 15) is 9.59 Å². The van der Waals surface area contributed by atoms with Gasteiger partial charge in [-0.1, -0.05) is 12.1 Å². The van der Waals surface area contributed by atoms with Crippen molar-refractivity contribution in [1.29, 1.82) is 0 Å². The molecular formula is C27H38N4O8. The highest BCUT2D eigenvalue weighted by atomic mass is 16.6. The van der Waals surface area contributed by atoms with Crippen molar-refractivity contribution in [1.82, 2.24) is 19.8 Å². The van der Waals surface area contributed by atoms with Crippen molar-refractivity contribution >= 4 is 11.9 Å². The molecule has 3 rings (SSSR count). The minimum absolute atomic E-state index is 0.113. The zero-order valence-corrected chi connectivity index (χ0v) is 22.5. The molecule has 0 bridgehead atoms. The maximum atomic E-state index is 12.2. The van der Waals surface area contributed by atoms with E-state index in [0.717, 1.165) is 5.69 Å². The Morgan fingerprint density at radius 3 is 1.90 bits per heavy atom. The summed E-state index contributed by atoms with van der Waals surface area (Å²) in [4.78, 5) is 36.6. The van der Waals surface area contributed by atoms with Crippen molar-refractivity contribution in [2.45, 2.75) is 6.54 Å². The van der Waals surface area contributed by atoms with Gasteiger partial charge in [-0.25, -0.2) is 19.6 Å². The van der Waals surface area contributed by atoms with E-state index < -0.39 is 11.9 Å². The maximum Gasteiger partial charge on any atom is 0.358 e. The van der Waals surface area contributed by atoms with Crippen LogP contribution in [0, 0.1) is 0 Å². The molecule has 0 unspecified atom stereocenters. The molecule has 0 saturated carbocycles. The van der Waals surface area contributed by atoms with Crippen LogP contribution < -0.4 is 0 Å². The second-order valence-electron chi connectivity index (χ2n) is 8.63. The molecule has 0 spiro atoms. The monoisotopic (exact) mass is 546 g/mol. The Hall–Kier alpha value is -3.00. The third-order valence-electron chi connectivity index (χ3n) is 5.79. The molecule has 1 aliphatic rings. The standard InChI is InChI=1S/C27H38N4O8/c1-34-26(32)25-7-4-5-23(29-25)21-30-9-13-35-17-19-37-15-11-31(12-16-38-20-18-36-14-10-30)22-39-27(33)24-6-2-3-8-28-24/h2-8H,9-22H2,1H3. The Morgan fingerprint density at radius 1 is 0.744 bits per heavy atom. The molecule has 39 heavy (non-hydrogen) atoms. The molecule has 2 aromatic heterocycles.